The Labute approximate surface area is 130 Å². The van der Waals surface area contributed by atoms with Gasteiger partial charge in [-0.05, 0) is 54.7 Å². The monoisotopic (exact) mass is 295 g/mol. The molecule has 0 aromatic heterocycles. The second-order valence-electron chi connectivity index (χ2n) is 5.65. The maximum atomic E-state index is 12.0. The Balaban J connectivity index is 1.62. The van der Waals surface area contributed by atoms with Crippen LogP contribution in [0.25, 0.3) is 0 Å². The summed E-state index contributed by atoms with van der Waals surface area (Å²) in [6, 6.07) is 13.8. The largest absolute Gasteiger partial charge is 0.385 e. The van der Waals surface area contributed by atoms with Crippen molar-refractivity contribution < 1.29 is 4.79 Å². The Morgan fingerprint density at radius 3 is 2.95 bits per heavy atom. The summed E-state index contributed by atoms with van der Waals surface area (Å²) in [5.41, 5.74) is 5.65. The molecule has 4 nitrogen and oxygen atoms in total. The second-order valence-corrected chi connectivity index (χ2v) is 5.65. The van der Waals surface area contributed by atoms with E-state index in [4.69, 9.17) is 0 Å². The van der Waals surface area contributed by atoms with Crippen molar-refractivity contribution in [3.63, 3.8) is 0 Å². The highest BCUT2D eigenvalue weighted by Gasteiger charge is 2.12. The molecule has 4 heteroatoms. The molecule has 0 saturated heterocycles. The molecule has 0 unspecified atom stereocenters. The van der Waals surface area contributed by atoms with Gasteiger partial charge in [-0.3, -0.25) is 0 Å². The molecular formula is C18H21N3O. The highest BCUT2D eigenvalue weighted by Crippen LogP contribution is 2.25. The molecule has 0 spiro atoms. The van der Waals surface area contributed by atoms with Gasteiger partial charge in [0.15, 0.2) is 0 Å². The van der Waals surface area contributed by atoms with Crippen LogP contribution in [-0.4, -0.2) is 12.6 Å². The van der Waals surface area contributed by atoms with Gasteiger partial charge in [0.1, 0.15) is 0 Å². The molecule has 0 atom stereocenters. The molecule has 2 aromatic rings. The number of hydrogen-bond acceptors (Lipinski definition) is 2. The van der Waals surface area contributed by atoms with E-state index in [1.165, 1.54) is 16.8 Å². The van der Waals surface area contributed by atoms with E-state index in [0.717, 1.165) is 30.6 Å². The van der Waals surface area contributed by atoms with Gasteiger partial charge in [-0.25, -0.2) is 4.79 Å². The van der Waals surface area contributed by atoms with Crippen LogP contribution < -0.4 is 16.0 Å². The molecule has 0 fully saturated rings. The molecule has 2 aromatic carbocycles. The predicted octanol–water partition coefficient (Wildman–Crippen LogP) is 3.67. The maximum absolute atomic E-state index is 12.0. The number of anilines is 2. The SMILES string of the molecule is Cc1cccc(NC(=O)NCc2cccc3c2CCCN3)c1. The van der Waals surface area contributed by atoms with Crippen molar-refractivity contribution in [3.8, 4) is 0 Å². The Morgan fingerprint density at radius 2 is 2.09 bits per heavy atom. The smallest absolute Gasteiger partial charge is 0.319 e. The lowest BCUT2D eigenvalue weighted by molar-refractivity contribution is 0.251. The lowest BCUT2D eigenvalue weighted by Crippen LogP contribution is -2.29. The number of urea groups is 1. The first-order valence-corrected chi connectivity index (χ1v) is 7.68. The number of amides is 2. The Bertz CT molecular complexity index is 682. The zero-order valence-electron chi connectivity index (χ0n) is 12.8. The van der Waals surface area contributed by atoms with Gasteiger partial charge < -0.3 is 16.0 Å². The van der Waals surface area contributed by atoms with E-state index in [1.54, 1.807) is 0 Å². The first-order valence-electron chi connectivity index (χ1n) is 7.68. The molecule has 114 valence electrons. The second kappa shape index (κ2) is 6.52. The Kier molecular flexibility index (Phi) is 4.28. The molecule has 3 N–H and O–H groups in total. The normalized spacial score (nSPS) is 13.0. The minimum atomic E-state index is -0.174. The molecule has 1 aliphatic rings. The van der Waals surface area contributed by atoms with E-state index in [9.17, 15) is 4.79 Å². The summed E-state index contributed by atoms with van der Waals surface area (Å²) in [4.78, 5) is 12.0. The Morgan fingerprint density at radius 1 is 1.23 bits per heavy atom. The first kappa shape index (κ1) is 14.4. The first-order chi connectivity index (χ1) is 10.7. The third-order valence-electron chi connectivity index (χ3n) is 3.91. The lowest BCUT2D eigenvalue weighted by Gasteiger charge is -2.21. The summed E-state index contributed by atoms with van der Waals surface area (Å²) >= 11 is 0. The van der Waals surface area contributed by atoms with Crippen LogP contribution in [0.15, 0.2) is 42.5 Å². The lowest BCUT2D eigenvalue weighted by atomic mass is 9.97. The summed E-state index contributed by atoms with van der Waals surface area (Å²) in [5.74, 6) is 0. The number of rotatable bonds is 3. The fourth-order valence-corrected chi connectivity index (χ4v) is 2.82. The number of carbonyl (C=O) groups excluding carboxylic acids is 1. The highest BCUT2D eigenvalue weighted by molar-refractivity contribution is 5.89. The van der Waals surface area contributed by atoms with Crippen molar-refractivity contribution in [2.45, 2.75) is 26.3 Å². The van der Waals surface area contributed by atoms with Gasteiger partial charge in [-0.1, -0.05) is 24.3 Å². The van der Waals surface area contributed by atoms with Gasteiger partial charge in [-0.15, -0.1) is 0 Å². The zero-order chi connectivity index (χ0) is 15.4. The van der Waals surface area contributed by atoms with Crippen LogP contribution in [0.1, 0.15) is 23.1 Å². The maximum Gasteiger partial charge on any atom is 0.319 e. The van der Waals surface area contributed by atoms with Crippen LogP contribution in [0.3, 0.4) is 0 Å². The fraction of sp³-hybridized carbons (Fsp3) is 0.278. The van der Waals surface area contributed by atoms with Gasteiger partial charge in [0, 0.05) is 24.5 Å². The van der Waals surface area contributed by atoms with Gasteiger partial charge in [0.05, 0.1) is 0 Å². The fourth-order valence-electron chi connectivity index (χ4n) is 2.82. The molecule has 2 amide bonds. The molecule has 22 heavy (non-hydrogen) atoms. The van der Waals surface area contributed by atoms with E-state index in [0.29, 0.717) is 6.54 Å². The summed E-state index contributed by atoms with van der Waals surface area (Å²) in [6.45, 7) is 3.58. The molecular weight excluding hydrogens is 274 g/mol. The van der Waals surface area contributed by atoms with Crippen molar-refractivity contribution in [2.24, 2.45) is 0 Å². The summed E-state index contributed by atoms with van der Waals surface area (Å²) in [6.07, 6.45) is 2.21. The van der Waals surface area contributed by atoms with Crippen molar-refractivity contribution in [1.29, 1.82) is 0 Å². The van der Waals surface area contributed by atoms with E-state index >= 15 is 0 Å². The minimum Gasteiger partial charge on any atom is -0.385 e. The molecule has 1 aliphatic heterocycles. The van der Waals surface area contributed by atoms with Gasteiger partial charge in [-0.2, -0.15) is 0 Å². The van der Waals surface area contributed by atoms with Gasteiger partial charge >= 0.3 is 6.03 Å². The molecule has 0 radical (unpaired) electrons. The zero-order valence-corrected chi connectivity index (χ0v) is 12.8. The van der Waals surface area contributed by atoms with E-state index in [-0.39, 0.29) is 6.03 Å². The van der Waals surface area contributed by atoms with Crippen molar-refractivity contribution >= 4 is 17.4 Å². The van der Waals surface area contributed by atoms with E-state index in [2.05, 4.69) is 28.1 Å². The van der Waals surface area contributed by atoms with Crippen LogP contribution in [0, 0.1) is 6.92 Å². The molecule has 3 rings (SSSR count). The van der Waals surface area contributed by atoms with E-state index < -0.39 is 0 Å². The van der Waals surface area contributed by atoms with Crippen LogP contribution in [0.5, 0.6) is 0 Å². The quantitative estimate of drug-likeness (QED) is 0.809. The summed E-state index contributed by atoms with van der Waals surface area (Å²) in [7, 11) is 0. The molecule has 1 heterocycles. The molecule has 0 bridgehead atoms. The number of aryl methyl sites for hydroxylation is 1. The van der Waals surface area contributed by atoms with Crippen LogP contribution in [0.4, 0.5) is 16.2 Å². The van der Waals surface area contributed by atoms with Crippen LogP contribution in [0.2, 0.25) is 0 Å². The number of nitrogens with one attached hydrogen (secondary N) is 3. The van der Waals surface area contributed by atoms with Crippen molar-refractivity contribution in [1.82, 2.24) is 5.32 Å². The predicted molar refractivity (Wildman–Crippen MR) is 90.3 cm³/mol. The van der Waals surface area contributed by atoms with E-state index in [1.807, 2.05) is 37.3 Å². The number of carbonyl (C=O) groups is 1. The minimum absolute atomic E-state index is 0.174. The van der Waals surface area contributed by atoms with Crippen LogP contribution in [-0.2, 0) is 13.0 Å². The topological polar surface area (TPSA) is 53.2 Å². The van der Waals surface area contributed by atoms with Gasteiger partial charge in [0.25, 0.3) is 0 Å². The number of benzene rings is 2. The molecule has 0 aliphatic carbocycles. The number of hydrogen-bond donors (Lipinski definition) is 3. The highest BCUT2D eigenvalue weighted by atomic mass is 16.2. The van der Waals surface area contributed by atoms with Crippen molar-refractivity contribution in [3.05, 3.63) is 59.2 Å². The van der Waals surface area contributed by atoms with Crippen LogP contribution >= 0.6 is 0 Å². The summed E-state index contributed by atoms with van der Waals surface area (Å²) in [5, 5.41) is 9.21. The van der Waals surface area contributed by atoms with Crippen molar-refractivity contribution in [2.75, 3.05) is 17.2 Å². The number of fused-ring (bicyclic) bond motifs is 1. The Hall–Kier alpha value is -2.49. The van der Waals surface area contributed by atoms with Gasteiger partial charge in [0.2, 0.25) is 0 Å². The third-order valence-corrected chi connectivity index (χ3v) is 3.91. The third kappa shape index (κ3) is 3.39. The average Bonchev–Trinajstić information content (AvgIpc) is 2.53. The molecule has 0 saturated carbocycles. The standard InChI is InChI=1S/C18H21N3O/c1-13-5-2-7-15(11-13)21-18(22)20-12-14-6-3-9-17-16(14)8-4-10-19-17/h2-3,5-7,9,11,19H,4,8,10,12H2,1H3,(H2,20,21,22). The summed E-state index contributed by atoms with van der Waals surface area (Å²) < 4.78 is 0. The average molecular weight is 295 g/mol.